The Kier molecular flexibility index (Phi) is 4.87. The van der Waals surface area contributed by atoms with E-state index in [1.54, 1.807) is 0 Å². The zero-order chi connectivity index (χ0) is 12.3. The molecule has 0 spiro atoms. The Morgan fingerprint density at radius 2 is 1.94 bits per heavy atom. The summed E-state index contributed by atoms with van der Waals surface area (Å²) in [6, 6.07) is 0. The van der Waals surface area contributed by atoms with E-state index in [0.717, 1.165) is 30.8 Å². The van der Waals surface area contributed by atoms with Crippen molar-refractivity contribution in [3.8, 4) is 0 Å². The van der Waals surface area contributed by atoms with E-state index in [9.17, 15) is 0 Å². The molecule has 0 N–H and O–H groups in total. The van der Waals surface area contributed by atoms with Gasteiger partial charge in [-0.1, -0.05) is 27.2 Å². The van der Waals surface area contributed by atoms with Crippen LogP contribution in [-0.4, -0.2) is 19.0 Å². The monoisotopic (exact) mass is 240 g/mol. The molecule has 0 bridgehead atoms. The Morgan fingerprint density at radius 3 is 2.59 bits per heavy atom. The third-order valence-electron chi connectivity index (χ3n) is 4.43. The Hall–Kier alpha value is -0.0800. The maximum atomic E-state index is 6.25. The highest BCUT2D eigenvalue weighted by atomic mass is 16.7. The quantitative estimate of drug-likeness (QED) is 0.742. The molecule has 1 heterocycles. The highest BCUT2D eigenvalue weighted by Crippen LogP contribution is 2.36. The van der Waals surface area contributed by atoms with Crippen molar-refractivity contribution in [1.29, 1.82) is 0 Å². The fourth-order valence-corrected chi connectivity index (χ4v) is 3.28. The third kappa shape index (κ3) is 3.69. The molecule has 0 aromatic heterocycles. The van der Waals surface area contributed by atoms with E-state index >= 15 is 0 Å². The average molecular weight is 240 g/mol. The summed E-state index contributed by atoms with van der Waals surface area (Å²) in [6.07, 6.45) is 8.00. The van der Waals surface area contributed by atoms with Crippen LogP contribution in [0.4, 0.5) is 0 Å². The SMILES string of the molecule is CC(C)[C@@H]1CC[C@@H](C)C[C@H]1OC1CCCCO1. The lowest BCUT2D eigenvalue weighted by molar-refractivity contribution is -0.210. The van der Waals surface area contributed by atoms with Crippen molar-refractivity contribution in [2.75, 3.05) is 6.61 Å². The summed E-state index contributed by atoms with van der Waals surface area (Å²) >= 11 is 0. The van der Waals surface area contributed by atoms with E-state index < -0.39 is 0 Å². The van der Waals surface area contributed by atoms with E-state index in [4.69, 9.17) is 9.47 Å². The third-order valence-corrected chi connectivity index (χ3v) is 4.43. The van der Waals surface area contributed by atoms with Crippen molar-refractivity contribution in [2.24, 2.45) is 17.8 Å². The first-order valence-electron chi connectivity index (χ1n) is 7.44. The molecule has 1 aliphatic heterocycles. The number of hydrogen-bond acceptors (Lipinski definition) is 2. The van der Waals surface area contributed by atoms with E-state index in [1.165, 1.54) is 32.1 Å². The lowest BCUT2D eigenvalue weighted by Gasteiger charge is -2.39. The van der Waals surface area contributed by atoms with Gasteiger partial charge in [0.1, 0.15) is 0 Å². The molecule has 2 heteroatoms. The Morgan fingerprint density at radius 1 is 1.12 bits per heavy atom. The molecule has 0 amide bonds. The van der Waals surface area contributed by atoms with Gasteiger partial charge in [0.2, 0.25) is 0 Å². The van der Waals surface area contributed by atoms with Crippen LogP contribution in [0.2, 0.25) is 0 Å². The van der Waals surface area contributed by atoms with E-state index in [1.807, 2.05) is 0 Å². The summed E-state index contributed by atoms with van der Waals surface area (Å²) in [5.74, 6) is 2.28. The highest BCUT2D eigenvalue weighted by Gasteiger charge is 2.33. The van der Waals surface area contributed by atoms with Crippen LogP contribution in [0.25, 0.3) is 0 Å². The van der Waals surface area contributed by atoms with Crippen LogP contribution in [0.5, 0.6) is 0 Å². The molecular weight excluding hydrogens is 212 g/mol. The van der Waals surface area contributed by atoms with Crippen molar-refractivity contribution in [1.82, 2.24) is 0 Å². The number of ether oxygens (including phenoxy) is 2. The van der Waals surface area contributed by atoms with Crippen molar-refractivity contribution in [3.05, 3.63) is 0 Å². The van der Waals surface area contributed by atoms with Crippen molar-refractivity contribution < 1.29 is 9.47 Å². The summed E-state index contributed by atoms with van der Waals surface area (Å²) in [7, 11) is 0. The molecule has 100 valence electrons. The molecule has 1 saturated heterocycles. The normalized spacial score (nSPS) is 39.5. The summed E-state index contributed by atoms with van der Waals surface area (Å²) in [5, 5.41) is 0. The maximum Gasteiger partial charge on any atom is 0.157 e. The van der Waals surface area contributed by atoms with Gasteiger partial charge in [-0.25, -0.2) is 0 Å². The lowest BCUT2D eigenvalue weighted by atomic mass is 9.75. The van der Waals surface area contributed by atoms with Crippen LogP contribution in [0.3, 0.4) is 0 Å². The van der Waals surface area contributed by atoms with Crippen molar-refractivity contribution in [2.45, 2.75) is 71.7 Å². The topological polar surface area (TPSA) is 18.5 Å². The summed E-state index contributed by atoms with van der Waals surface area (Å²) in [4.78, 5) is 0. The van der Waals surface area contributed by atoms with Gasteiger partial charge >= 0.3 is 0 Å². The number of hydrogen-bond donors (Lipinski definition) is 0. The molecule has 4 atom stereocenters. The molecule has 0 aromatic carbocycles. The second-order valence-electron chi connectivity index (χ2n) is 6.30. The number of rotatable bonds is 3. The smallest absolute Gasteiger partial charge is 0.157 e. The van der Waals surface area contributed by atoms with Crippen LogP contribution in [0.15, 0.2) is 0 Å². The molecule has 0 radical (unpaired) electrons. The predicted octanol–water partition coefficient (Wildman–Crippen LogP) is 3.99. The minimum atomic E-state index is 0.0836. The minimum absolute atomic E-state index is 0.0836. The standard InChI is InChI=1S/C15H28O2/c1-11(2)13-8-7-12(3)10-14(13)17-15-6-4-5-9-16-15/h11-15H,4-10H2,1-3H3/t12-,13+,14-,15?/m1/s1. The van der Waals surface area contributed by atoms with E-state index in [2.05, 4.69) is 20.8 Å². The van der Waals surface area contributed by atoms with Crippen molar-refractivity contribution >= 4 is 0 Å². The van der Waals surface area contributed by atoms with Crippen LogP contribution >= 0.6 is 0 Å². The maximum absolute atomic E-state index is 6.25. The van der Waals surface area contributed by atoms with Crippen LogP contribution in [-0.2, 0) is 9.47 Å². The van der Waals surface area contributed by atoms with E-state index in [-0.39, 0.29) is 6.29 Å². The van der Waals surface area contributed by atoms with Crippen LogP contribution in [0.1, 0.15) is 59.3 Å². The summed E-state index contributed by atoms with van der Waals surface area (Å²) in [5.41, 5.74) is 0. The van der Waals surface area contributed by atoms with Gasteiger partial charge < -0.3 is 9.47 Å². The predicted molar refractivity (Wildman–Crippen MR) is 69.8 cm³/mol. The molecule has 2 fully saturated rings. The molecular formula is C15H28O2. The second kappa shape index (κ2) is 6.19. The molecule has 1 saturated carbocycles. The fraction of sp³-hybridized carbons (Fsp3) is 1.00. The fourth-order valence-electron chi connectivity index (χ4n) is 3.28. The van der Waals surface area contributed by atoms with Gasteiger partial charge in [0, 0.05) is 6.61 Å². The molecule has 1 aliphatic carbocycles. The van der Waals surface area contributed by atoms with Gasteiger partial charge in [-0.3, -0.25) is 0 Å². The van der Waals surface area contributed by atoms with Gasteiger partial charge in [0.25, 0.3) is 0 Å². The lowest BCUT2D eigenvalue weighted by Crippen LogP contribution is -2.38. The van der Waals surface area contributed by atoms with Gasteiger partial charge in [-0.2, -0.15) is 0 Å². The van der Waals surface area contributed by atoms with Crippen LogP contribution in [0, 0.1) is 17.8 Å². The first-order chi connectivity index (χ1) is 8.16. The highest BCUT2D eigenvalue weighted by molar-refractivity contribution is 4.81. The Bertz CT molecular complexity index is 221. The zero-order valence-corrected chi connectivity index (χ0v) is 11.7. The molecule has 17 heavy (non-hydrogen) atoms. The average Bonchev–Trinajstić information content (AvgIpc) is 2.30. The van der Waals surface area contributed by atoms with E-state index in [0.29, 0.717) is 6.10 Å². The summed E-state index contributed by atoms with van der Waals surface area (Å²) < 4.78 is 12.0. The first kappa shape index (κ1) is 13.4. The minimum Gasteiger partial charge on any atom is -0.353 e. The van der Waals surface area contributed by atoms with Crippen molar-refractivity contribution in [3.63, 3.8) is 0 Å². The van der Waals surface area contributed by atoms with Gasteiger partial charge in [0.05, 0.1) is 6.10 Å². The Balaban J connectivity index is 1.89. The van der Waals surface area contributed by atoms with Gasteiger partial charge in [0.15, 0.2) is 6.29 Å². The first-order valence-corrected chi connectivity index (χ1v) is 7.44. The summed E-state index contributed by atoms with van der Waals surface area (Å²) in [6.45, 7) is 7.91. The molecule has 2 nitrogen and oxygen atoms in total. The largest absolute Gasteiger partial charge is 0.353 e. The molecule has 0 aromatic rings. The second-order valence-corrected chi connectivity index (χ2v) is 6.30. The Labute approximate surface area is 106 Å². The zero-order valence-electron chi connectivity index (χ0n) is 11.7. The van der Waals surface area contributed by atoms with Gasteiger partial charge in [-0.05, 0) is 49.9 Å². The molecule has 1 unspecified atom stereocenters. The molecule has 2 aliphatic rings. The van der Waals surface area contributed by atoms with Gasteiger partial charge in [-0.15, -0.1) is 0 Å². The molecule has 2 rings (SSSR count). The van der Waals surface area contributed by atoms with Crippen LogP contribution < -0.4 is 0 Å².